The van der Waals surface area contributed by atoms with E-state index in [-0.39, 0.29) is 42.3 Å². The summed E-state index contributed by atoms with van der Waals surface area (Å²) in [4.78, 5) is 13.5. The van der Waals surface area contributed by atoms with Crippen LogP contribution >= 0.6 is 24.2 Å². The van der Waals surface area contributed by atoms with Crippen LogP contribution in [0.25, 0.3) is 0 Å². The summed E-state index contributed by atoms with van der Waals surface area (Å²) in [6.07, 6.45) is 0.665. The van der Waals surface area contributed by atoms with Crippen LogP contribution in [0, 0.1) is 5.82 Å². The monoisotopic (exact) mass is 346 g/mol. The molecule has 1 amide bonds. The number of morpholine rings is 1. The molecule has 3 atom stereocenters. The largest absolute Gasteiger partial charge is 0.375 e. The summed E-state index contributed by atoms with van der Waals surface area (Å²) in [5.41, 5.74) is 0.879. The zero-order chi connectivity index (χ0) is 14.8. The highest BCUT2D eigenvalue weighted by atomic mass is 35.5. The van der Waals surface area contributed by atoms with Gasteiger partial charge in [-0.25, -0.2) is 4.39 Å². The van der Waals surface area contributed by atoms with Crippen LogP contribution in [-0.4, -0.2) is 37.0 Å². The van der Waals surface area contributed by atoms with E-state index in [1.165, 1.54) is 12.1 Å². The quantitative estimate of drug-likeness (QED) is 0.862. The predicted molar refractivity (Wildman–Crippen MR) is 87.1 cm³/mol. The van der Waals surface area contributed by atoms with Gasteiger partial charge in [-0.3, -0.25) is 4.79 Å². The first-order valence-corrected chi connectivity index (χ1v) is 8.21. The maximum atomic E-state index is 13.5. The van der Waals surface area contributed by atoms with Gasteiger partial charge in [0.2, 0.25) is 5.91 Å². The second-order valence-corrected chi connectivity index (χ2v) is 6.52. The lowest BCUT2D eigenvalue weighted by molar-refractivity contribution is -0.129. The number of hydrogen-bond acceptors (Lipinski definition) is 4. The van der Waals surface area contributed by atoms with Gasteiger partial charge in [-0.2, -0.15) is 0 Å². The first kappa shape index (κ1) is 17.5. The Kier molecular flexibility index (Phi) is 6.09. The molecule has 1 aromatic carbocycles. The molecule has 2 aliphatic rings. The van der Waals surface area contributed by atoms with E-state index < -0.39 is 0 Å². The minimum absolute atomic E-state index is 0. The minimum Gasteiger partial charge on any atom is -0.375 e. The van der Waals surface area contributed by atoms with Crippen LogP contribution in [0.3, 0.4) is 0 Å². The van der Waals surface area contributed by atoms with Crippen molar-refractivity contribution in [2.45, 2.75) is 36.4 Å². The lowest BCUT2D eigenvalue weighted by Crippen LogP contribution is -2.56. The van der Waals surface area contributed by atoms with Gasteiger partial charge in [0.1, 0.15) is 11.9 Å². The number of nitrogens with one attached hydrogen (secondary N) is 2. The SMILES string of the molecule is C[C@H]1OCCN[C@@H]1C(=O)NC1CCSc2ccc(F)cc21.Cl. The number of benzene rings is 1. The highest BCUT2D eigenvalue weighted by Crippen LogP contribution is 2.36. The Morgan fingerprint density at radius 1 is 1.50 bits per heavy atom. The molecule has 0 spiro atoms. The Morgan fingerprint density at radius 3 is 3.09 bits per heavy atom. The zero-order valence-electron chi connectivity index (χ0n) is 12.3. The minimum atomic E-state index is -0.342. The Labute approximate surface area is 140 Å². The fourth-order valence-electron chi connectivity index (χ4n) is 2.80. The number of fused-ring (bicyclic) bond motifs is 1. The van der Waals surface area contributed by atoms with Crippen LogP contribution in [0.15, 0.2) is 23.1 Å². The molecule has 2 heterocycles. The maximum absolute atomic E-state index is 13.5. The van der Waals surface area contributed by atoms with Crippen LogP contribution in [0.2, 0.25) is 0 Å². The molecule has 0 radical (unpaired) electrons. The third-order valence-electron chi connectivity index (χ3n) is 3.93. The van der Waals surface area contributed by atoms with E-state index >= 15 is 0 Å². The standard InChI is InChI=1S/C15H19FN2O2S.ClH/c1-9-14(17-5-6-20-9)15(19)18-12-4-7-21-13-3-2-10(16)8-11(12)13;/h2-3,8-9,12,14,17H,4-7H2,1H3,(H,18,19);1H/t9-,12?,14+;/m1./s1. The third-order valence-corrected chi connectivity index (χ3v) is 5.05. The van der Waals surface area contributed by atoms with Gasteiger partial charge in [0.05, 0.1) is 18.8 Å². The topological polar surface area (TPSA) is 50.4 Å². The van der Waals surface area contributed by atoms with Gasteiger partial charge < -0.3 is 15.4 Å². The van der Waals surface area contributed by atoms with E-state index in [0.29, 0.717) is 13.2 Å². The van der Waals surface area contributed by atoms with Crippen molar-refractivity contribution in [3.05, 3.63) is 29.6 Å². The molecular formula is C15H20ClFN2O2S. The Balaban J connectivity index is 0.00000176. The first-order valence-electron chi connectivity index (χ1n) is 7.23. The molecule has 2 aliphatic heterocycles. The normalized spacial score (nSPS) is 27.5. The number of amides is 1. The summed E-state index contributed by atoms with van der Waals surface area (Å²) in [5, 5.41) is 6.22. The van der Waals surface area contributed by atoms with Gasteiger partial charge in [0, 0.05) is 17.2 Å². The van der Waals surface area contributed by atoms with Crippen LogP contribution in [-0.2, 0) is 9.53 Å². The summed E-state index contributed by atoms with van der Waals surface area (Å²) in [6.45, 7) is 3.19. The van der Waals surface area contributed by atoms with Gasteiger partial charge >= 0.3 is 0 Å². The molecule has 4 nitrogen and oxygen atoms in total. The van der Waals surface area contributed by atoms with Crippen LogP contribution in [0.5, 0.6) is 0 Å². The Morgan fingerprint density at radius 2 is 2.32 bits per heavy atom. The number of hydrogen-bond donors (Lipinski definition) is 2. The number of halogens is 2. The first-order chi connectivity index (χ1) is 10.1. The molecule has 1 fully saturated rings. The number of carbonyl (C=O) groups excluding carboxylic acids is 1. The molecule has 2 N–H and O–H groups in total. The molecule has 0 aromatic heterocycles. The lowest BCUT2D eigenvalue weighted by Gasteiger charge is -2.32. The van der Waals surface area contributed by atoms with Gasteiger partial charge in [-0.15, -0.1) is 24.2 Å². The van der Waals surface area contributed by atoms with Crippen molar-refractivity contribution in [3.63, 3.8) is 0 Å². The van der Waals surface area contributed by atoms with Crippen molar-refractivity contribution in [2.24, 2.45) is 0 Å². The predicted octanol–water partition coefficient (Wildman–Crippen LogP) is 2.28. The van der Waals surface area contributed by atoms with E-state index in [9.17, 15) is 9.18 Å². The zero-order valence-corrected chi connectivity index (χ0v) is 13.9. The molecule has 22 heavy (non-hydrogen) atoms. The van der Waals surface area contributed by atoms with Gasteiger partial charge in [0.25, 0.3) is 0 Å². The second-order valence-electron chi connectivity index (χ2n) is 5.39. The van der Waals surface area contributed by atoms with Gasteiger partial charge in [-0.1, -0.05) is 0 Å². The van der Waals surface area contributed by atoms with Crippen LogP contribution < -0.4 is 10.6 Å². The van der Waals surface area contributed by atoms with Gasteiger partial charge in [-0.05, 0) is 37.1 Å². The number of ether oxygens (including phenoxy) is 1. The average molecular weight is 347 g/mol. The molecule has 3 rings (SSSR count). The molecule has 7 heteroatoms. The summed E-state index contributed by atoms with van der Waals surface area (Å²) < 4.78 is 19.0. The van der Waals surface area contributed by atoms with E-state index in [1.54, 1.807) is 17.8 Å². The average Bonchev–Trinajstić information content (AvgIpc) is 2.48. The smallest absolute Gasteiger partial charge is 0.240 e. The van der Waals surface area contributed by atoms with E-state index in [1.807, 2.05) is 6.92 Å². The fourth-order valence-corrected chi connectivity index (χ4v) is 3.91. The van der Waals surface area contributed by atoms with Gasteiger partial charge in [0.15, 0.2) is 0 Å². The van der Waals surface area contributed by atoms with Crippen molar-refractivity contribution in [3.8, 4) is 0 Å². The van der Waals surface area contributed by atoms with Crippen LogP contribution in [0.1, 0.15) is 24.9 Å². The molecule has 1 saturated heterocycles. The summed E-state index contributed by atoms with van der Waals surface area (Å²) >= 11 is 1.71. The highest BCUT2D eigenvalue weighted by molar-refractivity contribution is 7.99. The van der Waals surface area contributed by atoms with E-state index in [0.717, 1.165) is 22.6 Å². The van der Waals surface area contributed by atoms with Crippen molar-refractivity contribution < 1.29 is 13.9 Å². The van der Waals surface area contributed by atoms with E-state index in [4.69, 9.17) is 4.74 Å². The Hall–Kier alpha value is -0.820. The van der Waals surface area contributed by atoms with Crippen molar-refractivity contribution >= 4 is 30.1 Å². The lowest BCUT2D eigenvalue weighted by atomic mass is 10.0. The van der Waals surface area contributed by atoms with Crippen LogP contribution in [0.4, 0.5) is 4.39 Å². The summed E-state index contributed by atoms with van der Waals surface area (Å²) in [6, 6.07) is 4.32. The number of rotatable bonds is 2. The number of carbonyl (C=O) groups is 1. The molecule has 0 saturated carbocycles. The Bertz CT molecular complexity index is 546. The van der Waals surface area contributed by atoms with E-state index in [2.05, 4.69) is 10.6 Å². The number of thioether (sulfide) groups is 1. The molecule has 1 unspecified atom stereocenters. The van der Waals surface area contributed by atoms with Crippen molar-refractivity contribution in [1.29, 1.82) is 0 Å². The molecule has 1 aromatic rings. The highest BCUT2D eigenvalue weighted by Gasteiger charge is 2.31. The molecule has 0 bridgehead atoms. The molecular weight excluding hydrogens is 327 g/mol. The summed E-state index contributed by atoms with van der Waals surface area (Å²) in [5.74, 6) is 0.589. The van der Waals surface area contributed by atoms with Crippen molar-refractivity contribution in [1.82, 2.24) is 10.6 Å². The van der Waals surface area contributed by atoms with Crippen molar-refractivity contribution in [2.75, 3.05) is 18.9 Å². The fraction of sp³-hybridized carbons (Fsp3) is 0.533. The second kappa shape index (κ2) is 7.64. The molecule has 122 valence electrons. The maximum Gasteiger partial charge on any atom is 0.240 e. The third kappa shape index (κ3) is 3.74. The summed E-state index contributed by atoms with van der Waals surface area (Å²) in [7, 11) is 0. The molecule has 0 aliphatic carbocycles.